The maximum absolute atomic E-state index is 13.5. The van der Waals surface area contributed by atoms with Crippen molar-refractivity contribution in [2.45, 2.75) is 27.2 Å². The van der Waals surface area contributed by atoms with Crippen molar-refractivity contribution in [3.8, 4) is 23.1 Å². The van der Waals surface area contributed by atoms with E-state index in [0.717, 1.165) is 33.5 Å². The summed E-state index contributed by atoms with van der Waals surface area (Å²) in [5.74, 6) is -1.08. The number of aromatic nitrogens is 1. The number of carbonyl (C=O) groups is 3. The van der Waals surface area contributed by atoms with Crippen LogP contribution in [0, 0.1) is 18.3 Å². The van der Waals surface area contributed by atoms with Crippen LogP contribution >= 0.6 is 11.3 Å². The second-order valence-corrected chi connectivity index (χ2v) is 9.86. The van der Waals surface area contributed by atoms with Crippen LogP contribution in [0.5, 0.6) is 5.75 Å². The number of hydrogen-bond donors (Lipinski definition) is 1. The molecule has 0 fully saturated rings. The minimum absolute atomic E-state index is 0.0977. The van der Waals surface area contributed by atoms with E-state index >= 15 is 0 Å². The Balaban J connectivity index is 1.81. The number of ketones is 1. The van der Waals surface area contributed by atoms with E-state index in [2.05, 4.69) is 4.98 Å². The number of ether oxygens (including phenoxy) is 3. The highest BCUT2D eigenvalue weighted by Gasteiger charge is 2.28. The summed E-state index contributed by atoms with van der Waals surface area (Å²) in [5, 5.41) is 10.8. The number of H-pyrrole nitrogens is 1. The van der Waals surface area contributed by atoms with Gasteiger partial charge >= 0.3 is 11.9 Å². The Morgan fingerprint density at radius 2 is 1.73 bits per heavy atom. The number of hydrogen-bond acceptors (Lipinski definition) is 8. The molecular formula is C31H28N2O6S. The Bertz CT molecular complexity index is 1660. The van der Waals surface area contributed by atoms with Gasteiger partial charge in [-0.25, -0.2) is 9.59 Å². The first-order chi connectivity index (χ1) is 19.3. The summed E-state index contributed by atoms with van der Waals surface area (Å²) in [6.45, 7) is 5.28. The zero-order valence-electron chi connectivity index (χ0n) is 22.6. The van der Waals surface area contributed by atoms with Crippen LogP contribution in [0.15, 0.2) is 54.1 Å². The van der Waals surface area contributed by atoms with Crippen molar-refractivity contribution in [1.82, 2.24) is 4.98 Å². The number of rotatable bonds is 10. The molecule has 0 spiro atoms. The number of fused-ring (bicyclic) bond motifs is 1. The molecular weight excluding hydrogens is 528 g/mol. The number of Topliss-reactive ketones (excluding diaryl/α,β-unsaturated/α-hetero) is 1. The minimum atomic E-state index is -0.632. The summed E-state index contributed by atoms with van der Waals surface area (Å²) in [6.07, 6.45) is 1.30. The molecule has 0 atom stereocenters. The van der Waals surface area contributed by atoms with E-state index in [4.69, 9.17) is 14.2 Å². The Kier molecular flexibility index (Phi) is 8.82. The lowest BCUT2D eigenvalue weighted by atomic mass is 9.99. The van der Waals surface area contributed by atoms with Crippen LogP contribution in [0.3, 0.4) is 0 Å². The number of aromatic amines is 1. The average Bonchev–Trinajstić information content (AvgIpc) is 3.48. The average molecular weight is 557 g/mol. The number of methoxy groups -OCH3 is 1. The largest absolute Gasteiger partial charge is 0.497 e. The predicted octanol–water partition coefficient (Wildman–Crippen LogP) is 6.29. The summed E-state index contributed by atoms with van der Waals surface area (Å²) in [6, 6.07) is 17.2. The van der Waals surface area contributed by atoms with E-state index in [0.29, 0.717) is 21.8 Å². The highest BCUT2D eigenvalue weighted by molar-refractivity contribution is 7.14. The van der Waals surface area contributed by atoms with Crippen LogP contribution in [0.4, 0.5) is 0 Å². The maximum Gasteiger partial charge on any atom is 0.348 e. The zero-order chi connectivity index (χ0) is 28.8. The third-order valence-corrected chi connectivity index (χ3v) is 7.57. The molecule has 0 aliphatic carbocycles. The number of carbonyl (C=O) groups excluding carboxylic acids is 3. The molecule has 0 saturated carbocycles. The quantitative estimate of drug-likeness (QED) is 0.139. The van der Waals surface area contributed by atoms with E-state index in [1.807, 2.05) is 54.6 Å². The smallest absolute Gasteiger partial charge is 0.348 e. The normalized spacial score (nSPS) is 11.2. The third-order valence-electron chi connectivity index (χ3n) is 6.30. The Labute approximate surface area is 235 Å². The second-order valence-electron chi connectivity index (χ2n) is 8.76. The molecule has 40 heavy (non-hydrogen) atoms. The van der Waals surface area contributed by atoms with Gasteiger partial charge in [-0.2, -0.15) is 5.26 Å². The maximum atomic E-state index is 13.5. The van der Waals surface area contributed by atoms with Gasteiger partial charge in [0.15, 0.2) is 5.78 Å². The van der Waals surface area contributed by atoms with Crippen molar-refractivity contribution in [1.29, 1.82) is 5.26 Å². The SMILES string of the molecule is CCOC(=O)c1sc(CC(=O)/C(C#N)=C/c2c(-c3ccccc3)[nH]c3ccc(OC)cc23)c(C(=O)OCC)c1C. The minimum Gasteiger partial charge on any atom is -0.497 e. The number of nitrogens with one attached hydrogen (secondary N) is 1. The zero-order valence-corrected chi connectivity index (χ0v) is 23.4. The number of nitriles is 1. The molecule has 1 N–H and O–H groups in total. The standard InChI is InChI=1S/C31H28N2O6S/c1-5-38-30(35)27-18(3)29(31(36)39-6-2)40-26(27)16-25(34)20(17-32)14-23-22-15-21(37-4)12-13-24(22)33-28(23)19-10-8-7-9-11-19/h7-15,33H,5-6,16H2,1-4H3/b20-14+. The van der Waals surface area contributed by atoms with Gasteiger partial charge in [-0.1, -0.05) is 30.3 Å². The van der Waals surface area contributed by atoms with Gasteiger partial charge in [-0.15, -0.1) is 11.3 Å². The van der Waals surface area contributed by atoms with E-state index in [-0.39, 0.29) is 35.6 Å². The fourth-order valence-corrected chi connectivity index (χ4v) is 5.61. The number of esters is 2. The van der Waals surface area contributed by atoms with Gasteiger partial charge in [-0.3, -0.25) is 4.79 Å². The van der Waals surface area contributed by atoms with Gasteiger partial charge in [0.1, 0.15) is 16.7 Å². The highest BCUT2D eigenvalue weighted by atomic mass is 32.1. The third kappa shape index (κ3) is 5.67. The number of allylic oxidation sites excluding steroid dienone is 1. The lowest BCUT2D eigenvalue weighted by Crippen LogP contribution is -2.12. The first-order valence-electron chi connectivity index (χ1n) is 12.7. The van der Waals surface area contributed by atoms with E-state index < -0.39 is 17.7 Å². The molecule has 8 nitrogen and oxygen atoms in total. The molecule has 2 heterocycles. The summed E-state index contributed by atoms with van der Waals surface area (Å²) in [4.78, 5) is 42.8. The lowest BCUT2D eigenvalue weighted by molar-refractivity contribution is -0.114. The molecule has 2 aromatic carbocycles. The molecule has 0 amide bonds. The van der Waals surface area contributed by atoms with E-state index in [9.17, 15) is 19.6 Å². The molecule has 0 aliphatic rings. The molecule has 0 radical (unpaired) electrons. The predicted molar refractivity (Wildman–Crippen MR) is 154 cm³/mol. The summed E-state index contributed by atoms with van der Waals surface area (Å²) >= 11 is 1.00. The van der Waals surface area contributed by atoms with E-state index in [1.165, 1.54) is 0 Å². The second kappa shape index (κ2) is 12.5. The van der Waals surface area contributed by atoms with Crippen LogP contribution in [-0.4, -0.2) is 43.0 Å². The molecule has 0 bridgehead atoms. The molecule has 0 saturated heterocycles. The summed E-state index contributed by atoms with van der Waals surface area (Å²) in [5.41, 5.74) is 3.54. The van der Waals surface area contributed by atoms with Crippen LogP contribution in [0.25, 0.3) is 28.2 Å². The highest BCUT2D eigenvalue weighted by Crippen LogP contribution is 2.35. The van der Waals surface area contributed by atoms with Gasteiger partial charge in [-0.05, 0) is 56.2 Å². The van der Waals surface area contributed by atoms with Gasteiger partial charge < -0.3 is 19.2 Å². The van der Waals surface area contributed by atoms with Crippen LogP contribution in [0.1, 0.15) is 49.9 Å². The van der Waals surface area contributed by atoms with E-state index in [1.54, 1.807) is 34.0 Å². The first kappa shape index (κ1) is 28.3. The molecule has 204 valence electrons. The Morgan fingerprint density at radius 1 is 1.02 bits per heavy atom. The lowest BCUT2D eigenvalue weighted by Gasteiger charge is -2.06. The van der Waals surface area contributed by atoms with Gasteiger partial charge in [0.25, 0.3) is 0 Å². The monoisotopic (exact) mass is 556 g/mol. The molecule has 4 rings (SSSR count). The number of nitrogens with zero attached hydrogens (tertiary/aromatic N) is 1. The van der Waals surface area contributed by atoms with Crippen molar-refractivity contribution in [3.05, 3.63) is 80.5 Å². The van der Waals surface area contributed by atoms with Crippen molar-refractivity contribution in [3.63, 3.8) is 0 Å². The van der Waals surface area contributed by atoms with Gasteiger partial charge in [0.05, 0.1) is 37.2 Å². The van der Waals surface area contributed by atoms with Crippen molar-refractivity contribution in [2.24, 2.45) is 0 Å². The fraction of sp³-hybridized carbons (Fsp3) is 0.226. The first-order valence-corrected chi connectivity index (χ1v) is 13.5. The molecule has 4 aromatic rings. The molecule has 0 unspecified atom stereocenters. The van der Waals surface area contributed by atoms with Crippen molar-refractivity contribution < 1.29 is 28.6 Å². The van der Waals surface area contributed by atoms with Crippen LogP contribution in [-0.2, 0) is 20.7 Å². The Hall–Kier alpha value is -4.68. The number of thiophene rings is 1. The van der Waals surface area contributed by atoms with Crippen LogP contribution < -0.4 is 4.74 Å². The Morgan fingerprint density at radius 3 is 2.38 bits per heavy atom. The van der Waals surface area contributed by atoms with Gasteiger partial charge in [0.2, 0.25) is 0 Å². The van der Waals surface area contributed by atoms with Crippen molar-refractivity contribution in [2.75, 3.05) is 20.3 Å². The summed E-state index contributed by atoms with van der Waals surface area (Å²) in [7, 11) is 1.57. The molecule has 9 heteroatoms. The fourth-order valence-electron chi connectivity index (χ4n) is 4.42. The molecule has 0 aliphatic heterocycles. The van der Waals surface area contributed by atoms with Crippen LogP contribution in [0.2, 0.25) is 0 Å². The summed E-state index contributed by atoms with van der Waals surface area (Å²) < 4.78 is 15.7. The number of benzene rings is 2. The van der Waals surface area contributed by atoms with Gasteiger partial charge in [0, 0.05) is 27.8 Å². The molecule has 2 aromatic heterocycles. The topological polar surface area (TPSA) is 118 Å². The van der Waals surface area contributed by atoms with Crippen molar-refractivity contribution >= 4 is 46.0 Å².